The van der Waals surface area contributed by atoms with Gasteiger partial charge < -0.3 is 10.2 Å². The molecule has 1 aliphatic rings. The van der Waals surface area contributed by atoms with Crippen LogP contribution in [0.5, 0.6) is 0 Å². The second-order valence-electron chi connectivity index (χ2n) is 5.03. The molecule has 94 valence electrons. The van der Waals surface area contributed by atoms with Gasteiger partial charge in [-0.15, -0.1) is 0 Å². The standard InChI is InChI=1S/C14H23N3/c1-4-15-14-7-8-17(10-11(14)2)13-6-5-12(3)16-9-13/h5-6,9,11,14-15H,4,7-8,10H2,1-3H3. The van der Waals surface area contributed by atoms with E-state index in [-0.39, 0.29) is 0 Å². The van der Waals surface area contributed by atoms with Gasteiger partial charge in [0.25, 0.3) is 0 Å². The van der Waals surface area contributed by atoms with Crippen molar-refractivity contribution < 1.29 is 0 Å². The summed E-state index contributed by atoms with van der Waals surface area (Å²) in [6, 6.07) is 4.95. The van der Waals surface area contributed by atoms with Crippen molar-refractivity contribution in [1.29, 1.82) is 0 Å². The molecule has 0 bridgehead atoms. The van der Waals surface area contributed by atoms with E-state index in [9.17, 15) is 0 Å². The molecule has 17 heavy (non-hydrogen) atoms. The van der Waals surface area contributed by atoms with Crippen LogP contribution >= 0.6 is 0 Å². The quantitative estimate of drug-likeness (QED) is 0.867. The van der Waals surface area contributed by atoms with E-state index in [1.165, 1.54) is 12.1 Å². The maximum atomic E-state index is 4.38. The van der Waals surface area contributed by atoms with Crippen LogP contribution in [-0.2, 0) is 0 Å². The Balaban J connectivity index is 1.99. The van der Waals surface area contributed by atoms with Gasteiger partial charge in [0.2, 0.25) is 0 Å². The molecule has 0 saturated carbocycles. The Morgan fingerprint density at radius 2 is 2.29 bits per heavy atom. The number of piperidine rings is 1. The van der Waals surface area contributed by atoms with Crippen LogP contribution in [0.2, 0.25) is 0 Å². The van der Waals surface area contributed by atoms with Gasteiger partial charge in [0.15, 0.2) is 0 Å². The van der Waals surface area contributed by atoms with Crippen molar-refractivity contribution in [3.8, 4) is 0 Å². The second-order valence-corrected chi connectivity index (χ2v) is 5.03. The monoisotopic (exact) mass is 233 g/mol. The molecule has 2 heterocycles. The number of aromatic nitrogens is 1. The van der Waals surface area contributed by atoms with Crippen LogP contribution in [0.3, 0.4) is 0 Å². The second kappa shape index (κ2) is 5.50. The largest absolute Gasteiger partial charge is 0.370 e. The van der Waals surface area contributed by atoms with Gasteiger partial charge in [-0.3, -0.25) is 4.98 Å². The number of hydrogen-bond donors (Lipinski definition) is 1. The summed E-state index contributed by atoms with van der Waals surface area (Å²) in [6.07, 6.45) is 3.22. The molecule has 0 amide bonds. The molecule has 0 aromatic carbocycles. The number of nitrogens with one attached hydrogen (secondary N) is 1. The minimum Gasteiger partial charge on any atom is -0.370 e. The molecule has 1 fully saturated rings. The molecule has 3 nitrogen and oxygen atoms in total. The van der Waals surface area contributed by atoms with Crippen LogP contribution < -0.4 is 10.2 Å². The average molecular weight is 233 g/mol. The first-order valence-electron chi connectivity index (χ1n) is 6.61. The molecule has 2 rings (SSSR count). The lowest BCUT2D eigenvalue weighted by molar-refractivity contribution is 0.327. The van der Waals surface area contributed by atoms with Gasteiger partial charge in [-0.1, -0.05) is 13.8 Å². The maximum Gasteiger partial charge on any atom is 0.0553 e. The Morgan fingerprint density at radius 3 is 2.88 bits per heavy atom. The molecule has 1 aromatic heterocycles. The van der Waals surface area contributed by atoms with E-state index in [1.807, 2.05) is 13.1 Å². The summed E-state index contributed by atoms with van der Waals surface area (Å²) in [5.74, 6) is 0.699. The third kappa shape index (κ3) is 2.97. The van der Waals surface area contributed by atoms with Crippen LogP contribution in [0.25, 0.3) is 0 Å². The highest BCUT2D eigenvalue weighted by Gasteiger charge is 2.25. The smallest absolute Gasteiger partial charge is 0.0553 e. The molecule has 0 spiro atoms. The van der Waals surface area contributed by atoms with Crippen molar-refractivity contribution in [3.05, 3.63) is 24.0 Å². The zero-order valence-electron chi connectivity index (χ0n) is 11.1. The van der Waals surface area contributed by atoms with E-state index < -0.39 is 0 Å². The fourth-order valence-electron chi connectivity index (χ4n) is 2.59. The molecular weight excluding hydrogens is 210 g/mol. The summed E-state index contributed by atoms with van der Waals surface area (Å²) in [7, 11) is 0. The number of pyridine rings is 1. The van der Waals surface area contributed by atoms with Crippen molar-refractivity contribution in [1.82, 2.24) is 10.3 Å². The van der Waals surface area contributed by atoms with E-state index >= 15 is 0 Å². The van der Waals surface area contributed by atoms with Gasteiger partial charge in [0.1, 0.15) is 0 Å². The van der Waals surface area contributed by atoms with Gasteiger partial charge in [-0.05, 0) is 37.9 Å². The van der Waals surface area contributed by atoms with Crippen molar-refractivity contribution >= 4 is 5.69 Å². The first kappa shape index (κ1) is 12.4. The molecule has 1 aliphatic heterocycles. The lowest BCUT2D eigenvalue weighted by atomic mass is 9.93. The summed E-state index contributed by atoms with van der Waals surface area (Å²) in [4.78, 5) is 6.83. The number of nitrogens with zero attached hydrogens (tertiary/aromatic N) is 2. The van der Waals surface area contributed by atoms with E-state index in [4.69, 9.17) is 0 Å². The number of rotatable bonds is 3. The van der Waals surface area contributed by atoms with Gasteiger partial charge in [-0.25, -0.2) is 0 Å². The van der Waals surface area contributed by atoms with Crippen molar-refractivity contribution in [2.75, 3.05) is 24.5 Å². The molecule has 1 aromatic rings. The Labute approximate surface area is 104 Å². The van der Waals surface area contributed by atoms with E-state index in [2.05, 4.69) is 41.2 Å². The normalized spacial score (nSPS) is 25.0. The van der Waals surface area contributed by atoms with Crippen LogP contribution in [0.15, 0.2) is 18.3 Å². The molecular formula is C14H23N3. The van der Waals surface area contributed by atoms with Crippen LogP contribution in [0, 0.1) is 12.8 Å². The van der Waals surface area contributed by atoms with Crippen molar-refractivity contribution in [3.63, 3.8) is 0 Å². The van der Waals surface area contributed by atoms with E-state index in [0.29, 0.717) is 12.0 Å². The van der Waals surface area contributed by atoms with Gasteiger partial charge in [0.05, 0.1) is 11.9 Å². The number of aryl methyl sites for hydroxylation is 1. The molecule has 1 N–H and O–H groups in total. The molecule has 3 heteroatoms. The minimum absolute atomic E-state index is 0.676. The molecule has 2 unspecified atom stereocenters. The summed E-state index contributed by atoms with van der Waals surface area (Å²) in [5, 5.41) is 3.57. The highest BCUT2D eigenvalue weighted by molar-refractivity contribution is 5.45. The zero-order valence-corrected chi connectivity index (χ0v) is 11.1. The Bertz CT molecular complexity index is 347. The van der Waals surface area contributed by atoms with Gasteiger partial charge in [0, 0.05) is 24.8 Å². The van der Waals surface area contributed by atoms with Crippen molar-refractivity contribution in [2.45, 2.75) is 33.2 Å². The number of hydrogen-bond acceptors (Lipinski definition) is 3. The minimum atomic E-state index is 0.676. The summed E-state index contributed by atoms with van der Waals surface area (Å²) in [5.41, 5.74) is 2.35. The van der Waals surface area contributed by atoms with E-state index in [0.717, 1.165) is 25.3 Å². The number of anilines is 1. The topological polar surface area (TPSA) is 28.2 Å². The molecule has 0 radical (unpaired) electrons. The van der Waals surface area contributed by atoms with Crippen molar-refractivity contribution in [2.24, 2.45) is 5.92 Å². The molecule has 1 saturated heterocycles. The van der Waals surface area contributed by atoms with Crippen LogP contribution in [-0.4, -0.2) is 30.7 Å². The van der Waals surface area contributed by atoms with E-state index in [1.54, 1.807) is 0 Å². The summed E-state index contributed by atoms with van der Waals surface area (Å²) >= 11 is 0. The Kier molecular flexibility index (Phi) is 4.00. The lowest BCUT2D eigenvalue weighted by Crippen LogP contribution is -2.48. The highest BCUT2D eigenvalue weighted by atomic mass is 15.2. The average Bonchev–Trinajstić information content (AvgIpc) is 2.33. The summed E-state index contributed by atoms with van der Waals surface area (Å²) < 4.78 is 0. The first-order chi connectivity index (χ1) is 8.20. The fraction of sp³-hybridized carbons (Fsp3) is 0.643. The zero-order chi connectivity index (χ0) is 12.3. The first-order valence-corrected chi connectivity index (χ1v) is 6.61. The Morgan fingerprint density at radius 1 is 1.47 bits per heavy atom. The van der Waals surface area contributed by atoms with Gasteiger partial charge >= 0.3 is 0 Å². The third-order valence-corrected chi connectivity index (χ3v) is 3.63. The summed E-state index contributed by atoms with van der Waals surface area (Å²) in [6.45, 7) is 9.88. The van der Waals surface area contributed by atoms with Crippen LogP contribution in [0.4, 0.5) is 5.69 Å². The maximum absolute atomic E-state index is 4.38. The SMILES string of the molecule is CCNC1CCN(c2ccc(C)nc2)CC1C. The fourth-order valence-corrected chi connectivity index (χ4v) is 2.59. The van der Waals surface area contributed by atoms with Gasteiger partial charge in [-0.2, -0.15) is 0 Å². The molecule has 2 atom stereocenters. The molecule has 0 aliphatic carbocycles. The Hall–Kier alpha value is -1.09. The third-order valence-electron chi connectivity index (χ3n) is 3.63. The highest BCUT2D eigenvalue weighted by Crippen LogP contribution is 2.22. The van der Waals surface area contributed by atoms with Crippen LogP contribution in [0.1, 0.15) is 26.0 Å². The lowest BCUT2D eigenvalue weighted by Gasteiger charge is -2.38. The predicted octanol–water partition coefficient (Wildman–Crippen LogP) is 2.21. The predicted molar refractivity (Wildman–Crippen MR) is 72.4 cm³/mol.